The molecule has 0 saturated heterocycles. The fourth-order valence-electron chi connectivity index (χ4n) is 1.79. The predicted octanol–water partition coefficient (Wildman–Crippen LogP) is 4.49. The molecule has 2 heteroatoms. The van der Waals surface area contributed by atoms with Crippen LogP contribution in [0.3, 0.4) is 0 Å². The highest BCUT2D eigenvalue weighted by atomic mass is 15.1. The van der Waals surface area contributed by atoms with E-state index < -0.39 is 0 Å². The van der Waals surface area contributed by atoms with E-state index in [2.05, 4.69) is 47.5 Å². The van der Waals surface area contributed by atoms with Crippen LogP contribution in [-0.4, -0.2) is 10.2 Å². The van der Waals surface area contributed by atoms with Crippen LogP contribution in [0.5, 0.6) is 0 Å². The Kier molecular flexibility index (Phi) is 4.13. The molecule has 1 heterocycles. The van der Waals surface area contributed by atoms with Gasteiger partial charge in [-0.05, 0) is 31.1 Å². The molecule has 0 unspecified atom stereocenters. The van der Waals surface area contributed by atoms with Crippen LogP contribution < -0.4 is 0 Å². The third kappa shape index (κ3) is 2.77. The van der Waals surface area contributed by atoms with Crippen LogP contribution in [0, 0.1) is 0 Å². The molecule has 1 N–H and O–H groups in total. The number of nitrogens with zero attached hydrogens (tertiary/aromatic N) is 1. The number of nitrogens with one attached hydrogen (secondary N) is 1. The Balaban J connectivity index is 2.25. The molecule has 0 fully saturated rings. The molecule has 2 rings (SSSR count). The number of hydrogen-bond donors (Lipinski definition) is 1. The Morgan fingerprint density at radius 2 is 2.11 bits per heavy atom. The van der Waals surface area contributed by atoms with E-state index in [1.807, 2.05) is 31.2 Å². The lowest BCUT2D eigenvalue weighted by Gasteiger charge is -1.92. The summed E-state index contributed by atoms with van der Waals surface area (Å²) in [6.45, 7) is 4.18. The van der Waals surface area contributed by atoms with E-state index in [4.69, 9.17) is 0 Å². The highest BCUT2D eigenvalue weighted by molar-refractivity contribution is 5.86. The third-order valence-electron chi connectivity index (χ3n) is 2.81. The second kappa shape index (κ2) is 6.01. The number of hydrogen-bond acceptors (Lipinski definition) is 1. The van der Waals surface area contributed by atoms with Gasteiger partial charge in [0.2, 0.25) is 0 Å². The van der Waals surface area contributed by atoms with Gasteiger partial charge in [-0.1, -0.05) is 49.4 Å². The van der Waals surface area contributed by atoms with Gasteiger partial charge in [-0.15, -0.1) is 0 Å². The standard InChI is InChI=1S/C16H18N2/c1-3-5-8-13(4-2)11-12-16-14-9-6-7-10-15(14)17-18-16/h4-12H,3H2,1-2H3,(H,17,18)/b8-5-,12-11+,13-4+. The molecule has 18 heavy (non-hydrogen) atoms. The van der Waals surface area contributed by atoms with E-state index in [1.165, 1.54) is 5.57 Å². The van der Waals surface area contributed by atoms with Crippen molar-refractivity contribution in [2.75, 3.05) is 0 Å². The maximum Gasteiger partial charge on any atom is 0.0927 e. The Morgan fingerprint density at radius 1 is 1.28 bits per heavy atom. The van der Waals surface area contributed by atoms with E-state index in [0.29, 0.717) is 0 Å². The maximum absolute atomic E-state index is 4.32. The quantitative estimate of drug-likeness (QED) is 0.781. The molecule has 0 saturated carbocycles. The molecule has 1 aromatic heterocycles. The summed E-state index contributed by atoms with van der Waals surface area (Å²) in [6.07, 6.45) is 11.6. The van der Waals surface area contributed by atoms with Crippen molar-refractivity contribution in [2.45, 2.75) is 20.3 Å². The van der Waals surface area contributed by atoms with Crippen LogP contribution in [0.2, 0.25) is 0 Å². The zero-order valence-electron chi connectivity index (χ0n) is 10.9. The Morgan fingerprint density at radius 3 is 2.89 bits per heavy atom. The van der Waals surface area contributed by atoms with E-state index in [9.17, 15) is 0 Å². The van der Waals surface area contributed by atoms with Crippen molar-refractivity contribution in [3.63, 3.8) is 0 Å². The minimum Gasteiger partial charge on any atom is -0.277 e. The molecule has 0 bridgehead atoms. The molecule has 2 aromatic rings. The van der Waals surface area contributed by atoms with Gasteiger partial charge >= 0.3 is 0 Å². The molecular formula is C16H18N2. The van der Waals surface area contributed by atoms with Gasteiger partial charge in [0.05, 0.1) is 11.2 Å². The lowest BCUT2D eigenvalue weighted by Crippen LogP contribution is -1.74. The number of fused-ring (bicyclic) bond motifs is 1. The average Bonchev–Trinajstić information content (AvgIpc) is 2.82. The zero-order valence-corrected chi connectivity index (χ0v) is 10.9. The smallest absolute Gasteiger partial charge is 0.0927 e. The molecule has 0 spiro atoms. The van der Waals surface area contributed by atoms with E-state index in [-0.39, 0.29) is 0 Å². The van der Waals surface area contributed by atoms with Gasteiger partial charge in [-0.3, -0.25) is 5.10 Å². The molecule has 0 aliphatic heterocycles. The van der Waals surface area contributed by atoms with Gasteiger partial charge in [0.1, 0.15) is 0 Å². The monoisotopic (exact) mass is 238 g/mol. The molecule has 0 radical (unpaired) electrons. The molecule has 2 nitrogen and oxygen atoms in total. The number of aromatic amines is 1. The summed E-state index contributed by atoms with van der Waals surface area (Å²) in [5.41, 5.74) is 3.25. The number of allylic oxidation sites excluding steroid dienone is 5. The minimum absolute atomic E-state index is 0.981. The van der Waals surface area contributed by atoms with Gasteiger partial charge in [0, 0.05) is 5.39 Å². The molecule has 0 aliphatic rings. The normalized spacial score (nSPS) is 13.1. The van der Waals surface area contributed by atoms with Crippen molar-refractivity contribution < 1.29 is 0 Å². The fourth-order valence-corrected chi connectivity index (χ4v) is 1.79. The molecule has 92 valence electrons. The summed E-state index contributed by atoms with van der Waals surface area (Å²) in [5.74, 6) is 0. The number of H-pyrrole nitrogens is 1. The highest BCUT2D eigenvalue weighted by Crippen LogP contribution is 2.17. The minimum atomic E-state index is 0.981. The summed E-state index contributed by atoms with van der Waals surface area (Å²) in [5, 5.41) is 8.51. The van der Waals surface area contributed by atoms with Crippen molar-refractivity contribution in [3.8, 4) is 0 Å². The summed E-state index contributed by atoms with van der Waals surface area (Å²) < 4.78 is 0. The predicted molar refractivity (Wildman–Crippen MR) is 78.3 cm³/mol. The first-order valence-electron chi connectivity index (χ1n) is 6.29. The van der Waals surface area contributed by atoms with Crippen LogP contribution in [-0.2, 0) is 0 Å². The summed E-state index contributed by atoms with van der Waals surface area (Å²) >= 11 is 0. The first-order chi connectivity index (χ1) is 8.85. The van der Waals surface area contributed by atoms with E-state index >= 15 is 0 Å². The summed E-state index contributed by atoms with van der Waals surface area (Å²) in [4.78, 5) is 0. The number of benzene rings is 1. The first kappa shape index (κ1) is 12.4. The van der Waals surface area contributed by atoms with Crippen LogP contribution in [0.25, 0.3) is 17.0 Å². The van der Waals surface area contributed by atoms with E-state index in [0.717, 1.165) is 23.0 Å². The molecule has 0 atom stereocenters. The SMILES string of the molecule is C/C=C(\C=C/CC)/C=C/c1n[nH]c2ccccc12. The van der Waals surface area contributed by atoms with Crippen LogP contribution in [0.1, 0.15) is 26.0 Å². The summed E-state index contributed by atoms with van der Waals surface area (Å²) in [7, 11) is 0. The maximum atomic E-state index is 4.32. The van der Waals surface area contributed by atoms with Crippen LogP contribution >= 0.6 is 0 Å². The molecular weight excluding hydrogens is 220 g/mol. The highest BCUT2D eigenvalue weighted by Gasteiger charge is 2.00. The largest absolute Gasteiger partial charge is 0.277 e. The zero-order chi connectivity index (χ0) is 12.8. The summed E-state index contributed by atoms with van der Waals surface area (Å²) in [6, 6.07) is 8.15. The second-order valence-corrected chi connectivity index (χ2v) is 4.09. The Hall–Kier alpha value is -2.09. The molecule has 0 aliphatic carbocycles. The fraction of sp³-hybridized carbons (Fsp3) is 0.188. The van der Waals surface area contributed by atoms with Crippen molar-refractivity contribution in [2.24, 2.45) is 0 Å². The lowest BCUT2D eigenvalue weighted by atomic mass is 10.1. The van der Waals surface area contributed by atoms with Gasteiger partial charge in [-0.2, -0.15) is 5.10 Å². The van der Waals surface area contributed by atoms with Crippen molar-refractivity contribution in [3.05, 3.63) is 59.8 Å². The second-order valence-electron chi connectivity index (χ2n) is 4.09. The molecule has 1 aromatic carbocycles. The number of aromatic nitrogens is 2. The van der Waals surface area contributed by atoms with Crippen molar-refractivity contribution in [1.29, 1.82) is 0 Å². The van der Waals surface area contributed by atoms with Crippen LogP contribution in [0.15, 0.2) is 54.1 Å². The van der Waals surface area contributed by atoms with Crippen molar-refractivity contribution in [1.82, 2.24) is 10.2 Å². The Labute approximate surface area is 108 Å². The van der Waals surface area contributed by atoms with Crippen LogP contribution in [0.4, 0.5) is 0 Å². The molecule has 0 amide bonds. The Bertz CT molecular complexity index is 600. The van der Waals surface area contributed by atoms with Gasteiger partial charge < -0.3 is 0 Å². The lowest BCUT2D eigenvalue weighted by molar-refractivity contribution is 1.11. The first-order valence-corrected chi connectivity index (χ1v) is 6.29. The van der Waals surface area contributed by atoms with Gasteiger partial charge in [0.25, 0.3) is 0 Å². The van der Waals surface area contributed by atoms with E-state index in [1.54, 1.807) is 0 Å². The van der Waals surface area contributed by atoms with Gasteiger partial charge in [0.15, 0.2) is 0 Å². The van der Waals surface area contributed by atoms with Gasteiger partial charge in [-0.25, -0.2) is 0 Å². The third-order valence-corrected chi connectivity index (χ3v) is 2.81. The number of rotatable bonds is 4. The number of para-hydroxylation sites is 1. The topological polar surface area (TPSA) is 28.7 Å². The van der Waals surface area contributed by atoms with Crippen molar-refractivity contribution >= 4 is 17.0 Å². The average molecular weight is 238 g/mol.